The second kappa shape index (κ2) is 3.26. The van der Waals surface area contributed by atoms with E-state index in [1.165, 1.54) is 4.68 Å². The molecule has 1 aromatic carbocycles. The normalized spacial score (nSPS) is 10.4. The van der Waals surface area contributed by atoms with Crippen molar-refractivity contribution in [1.29, 1.82) is 0 Å². The van der Waals surface area contributed by atoms with E-state index in [1.807, 2.05) is 13.0 Å². The van der Waals surface area contributed by atoms with Crippen LogP contribution in [0.15, 0.2) is 18.2 Å². The minimum Gasteiger partial charge on any atom is -0.366 e. The van der Waals surface area contributed by atoms with Crippen LogP contribution in [0.25, 0.3) is 5.69 Å². The highest BCUT2D eigenvalue weighted by molar-refractivity contribution is 6.30. The minimum absolute atomic E-state index is 0.246. The van der Waals surface area contributed by atoms with E-state index in [-0.39, 0.29) is 5.95 Å². The predicted octanol–water partition coefficient (Wildman–Crippen LogP) is 1.21. The predicted molar refractivity (Wildman–Crippen MR) is 53.3 cm³/mol. The Morgan fingerprint density at radius 1 is 1.43 bits per heavy atom. The summed E-state index contributed by atoms with van der Waals surface area (Å²) in [7, 11) is 0. The van der Waals surface area contributed by atoms with Crippen LogP contribution in [0.3, 0.4) is 0 Å². The molecule has 2 aromatic rings. The Balaban J connectivity index is 2.62. The van der Waals surface area contributed by atoms with E-state index in [1.54, 1.807) is 12.1 Å². The van der Waals surface area contributed by atoms with Crippen LogP contribution >= 0.6 is 11.6 Å². The Bertz CT molecular complexity index is 465. The molecule has 0 atom stereocenters. The number of anilines is 1. The van der Waals surface area contributed by atoms with Gasteiger partial charge in [-0.2, -0.15) is 4.68 Å². The van der Waals surface area contributed by atoms with Crippen LogP contribution in [0.4, 0.5) is 5.95 Å². The van der Waals surface area contributed by atoms with Crippen LogP contribution in [-0.2, 0) is 0 Å². The van der Waals surface area contributed by atoms with Crippen molar-refractivity contribution in [3.8, 4) is 5.69 Å². The molecule has 0 amide bonds. The number of nitrogens with zero attached hydrogens (tertiary/aromatic N) is 4. The molecule has 72 valence electrons. The maximum atomic E-state index is 5.86. The molecule has 0 fully saturated rings. The van der Waals surface area contributed by atoms with Crippen LogP contribution < -0.4 is 5.73 Å². The standard InChI is InChI=1S/C8H8ClN5/c1-5-2-3-6(9)4-7(5)14-8(10)11-12-13-14/h2-4H,1H3,(H2,10,11,13). The summed E-state index contributed by atoms with van der Waals surface area (Å²) in [5.41, 5.74) is 7.37. The lowest BCUT2D eigenvalue weighted by molar-refractivity contribution is 0.788. The second-order valence-electron chi connectivity index (χ2n) is 2.88. The average Bonchev–Trinajstić information content (AvgIpc) is 2.56. The molecular weight excluding hydrogens is 202 g/mol. The van der Waals surface area contributed by atoms with Crippen molar-refractivity contribution in [2.75, 3.05) is 5.73 Å². The van der Waals surface area contributed by atoms with Gasteiger partial charge in [0, 0.05) is 5.02 Å². The molecule has 0 saturated heterocycles. The topological polar surface area (TPSA) is 69.6 Å². The molecule has 0 unspecified atom stereocenters. The van der Waals surface area contributed by atoms with Gasteiger partial charge < -0.3 is 5.73 Å². The number of nitrogens with two attached hydrogens (primary N) is 1. The van der Waals surface area contributed by atoms with E-state index in [9.17, 15) is 0 Å². The van der Waals surface area contributed by atoms with Crippen molar-refractivity contribution < 1.29 is 0 Å². The maximum absolute atomic E-state index is 5.86. The first-order chi connectivity index (χ1) is 6.68. The second-order valence-corrected chi connectivity index (χ2v) is 3.32. The summed E-state index contributed by atoms with van der Waals surface area (Å²) in [4.78, 5) is 0. The lowest BCUT2D eigenvalue weighted by atomic mass is 10.2. The third-order valence-electron chi connectivity index (χ3n) is 1.89. The van der Waals surface area contributed by atoms with Crippen molar-refractivity contribution in [2.24, 2.45) is 0 Å². The average molecular weight is 210 g/mol. The third-order valence-corrected chi connectivity index (χ3v) is 2.13. The number of tetrazole rings is 1. The lowest BCUT2D eigenvalue weighted by Crippen LogP contribution is -2.04. The summed E-state index contributed by atoms with van der Waals surface area (Å²) < 4.78 is 1.45. The molecule has 0 aliphatic heterocycles. The van der Waals surface area contributed by atoms with Gasteiger partial charge in [-0.1, -0.05) is 22.8 Å². The summed E-state index contributed by atoms with van der Waals surface area (Å²) in [6.45, 7) is 1.94. The summed E-state index contributed by atoms with van der Waals surface area (Å²) in [6, 6.07) is 5.46. The first kappa shape index (κ1) is 8.96. The highest BCUT2D eigenvalue weighted by Gasteiger charge is 2.07. The van der Waals surface area contributed by atoms with Gasteiger partial charge in [0.1, 0.15) is 0 Å². The zero-order chi connectivity index (χ0) is 10.1. The Morgan fingerprint density at radius 3 is 2.86 bits per heavy atom. The molecular formula is C8H8ClN5. The Hall–Kier alpha value is -1.62. The summed E-state index contributed by atoms with van der Waals surface area (Å²) in [5, 5.41) is 11.4. The highest BCUT2D eigenvalue weighted by Crippen LogP contribution is 2.19. The van der Waals surface area contributed by atoms with E-state index in [0.29, 0.717) is 5.02 Å². The number of hydrogen-bond donors (Lipinski definition) is 1. The number of aryl methyl sites for hydroxylation is 1. The van der Waals surface area contributed by atoms with Crippen LogP contribution in [0, 0.1) is 6.92 Å². The fourth-order valence-electron chi connectivity index (χ4n) is 1.18. The first-order valence-electron chi connectivity index (χ1n) is 3.99. The molecule has 0 spiro atoms. The number of halogens is 1. The molecule has 1 heterocycles. The Kier molecular flexibility index (Phi) is 2.09. The van der Waals surface area contributed by atoms with E-state index < -0.39 is 0 Å². The van der Waals surface area contributed by atoms with Gasteiger partial charge in [0.25, 0.3) is 0 Å². The zero-order valence-electron chi connectivity index (χ0n) is 7.48. The van der Waals surface area contributed by atoms with Crippen LogP contribution in [-0.4, -0.2) is 20.2 Å². The Morgan fingerprint density at radius 2 is 2.21 bits per heavy atom. The van der Waals surface area contributed by atoms with Gasteiger partial charge >= 0.3 is 0 Å². The zero-order valence-corrected chi connectivity index (χ0v) is 8.23. The summed E-state index contributed by atoms with van der Waals surface area (Å²) in [6.07, 6.45) is 0. The van der Waals surface area contributed by atoms with E-state index in [4.69, 9.17) is 17.3 Å². The fraction of sp³-hybridized carbons (Fsp3) is 0.125. The van der Waals surface area contributed by atoms with E-state index in [2.05, 4.69) is 15.5 Å². The number of benzene rings is 1. The first-order valence-corrected chi connectivity index (χ1v) is 4.36. The van der Waals surface area contributed by atoms with Gasteiger partial charge in [0.2, 0.25) is 5.95 Å². The SMILES string of the molecule is Cc1ccc(Cl)cc1-n1nnnc1N. The monoisotopic (exact) mass is 209 g/mol. The molecule has 0 aliphatic carbocycles. The summed E-state index contributed by atoms with van der Waals surface area (Å²) in [5.74, 6) is 0.246. The maximum Gasteiger partial charge on any atom is 0.245 e. The largest absolute Gasteiger partial charge is 0.366 e. The van der Waals surface area contributed by atoms with Gasteiger partial charge in [-0.05, 0) is 35.0 Å². The molecule has 1 aromatic heterocycles. The van der Waals surface area contributed by atoms with Crippen LogP contribution in [0.2, 0.25) is 5.02 Å². The van der Waals surface area contributed by atoms with E-state index >= 15 is 0 Å². The number of aromatic nitrogens is 4. The molecule has 14 heavy (non-hydrogen) atoms. The smallest absolute Gasteiger partial charge is 0.245 e. The van der Waals surface area contributed by atoms with Crippen molar-refractivity contribution in [2.45, 2.75) is 6.92 Å². The van der Waals surface area contributed by atoms with Gasteiger partial charge in [-0.3, -0.25) is 0 Å². The van der Waals surface area contributed by atoms with Crippen molar-refractivity contribution in [1.82, 2.24) is 20.2 Å². The molecule has 2 N–H and O–H groups in total. The molecule has 2 rings (SSSR count). The highest BCUT2D eigenvalue weighted by atomic mass is 35.5. The Labute approximate surface area is 85.5 Å². The van der Waals surface area contributed by atoms with Gasteiger partial charge in [-0.25, -0.2) is 0 Å². The van der Waals surface area contributed by atoms with Crippen molar-refractivity contribution >= 4 is 17.5 Å². The van der Waals surface area contributed by atoms with E-state index in [0.717, 1.165) is 11.3 Å². The molecule has 0 radical (unpaired) electrons. The molecule has 6 heteroatoms. The number of rotatable bonds is 1. The molecule has 5 nitrogen and oxygen atoms in total. The summed E-state index contributed by atoms with van der Waals surface area (Å²) >= 11 is 5.86. The van der Waals surface area contributed by atoms with Crippen molar-refractivity contribution in [3.05, 3.63) is 28.8 Å². The minimum atomic E-state index is 0.246. The van der Waals surface area contributed by atoms with Gasteiger partial charge in [0.05, 0.1) is 5.69 Å². The van der Waals surface area contributed by atoms with Gasteiger partial charge in [0.15, 0.2) is 0 Å². The number of nitrogen functional groups attached to an aromatic ring is 1. The number of hydrogen-bond acceptors (Lipinski definition) is 4. The van der Waals surface area contributed by atoms with Crippen LogP contribution in [0.5, 0.6) is 0 Å². The third kappa shape index (κ3) is 1.42. The quantitative estimate of drug-likeness (QED) is 0.767. The van der Waals surface area contributed by atoms with Crippen LogP contribution in [0.1, 0.15) is 5.56 Å². The van der Waals surface area contributed by atoms with Gasteiger partial charge in [-0.15, -0.1) is 0 Å². The fourth-order valence-corrected chi connectivity index (χ4v) is 1.34. The molecule has 0 saturated carbocycles. The van der Waals surface area contributed by atoms with Crippen molar-refractivity contribution in [3.63, 3.8) is 0 Å². The lowest BCUT2D eigenvalue weighted by Gasteiger charge is -2.05. The molecule has 0 aliphatic rings. The molecule has 0 bridgehead atoms.